The van der Waals surface area contributed by atoms with Gasteiger partial charge in [0.05, 0.1) is 0 Å². The second-order valence-electron chi connectivity index (χ2n) is 13.6. The molecule has 0 bridgehead atoms. The van der Waals surface area contributed by atoms with Crippen molar-refractivity contribution in [3.05, 3.63) is 200 Å². The molecule has 0 aliphatic heterocycles. The Hall–Kier alpha value is -7.01. The van der Waals surface area contributed by atoms with Crippen LogP contribution in [0.25, 0.3) is 98.8 Å². The van der Waals surface area contributed by atoms with Gasteiger partial charge in [0.1, 0.15) is 0 Å². The van der Waals surface area contributed by atoms with Crippen LogP contribution in [-0.2, 0) is 0 Å². The van der Waals surface area contributed by atoms with E-state index in [-0.39, 0.29) is 0 Å². The van der Waals surface area contributed by atoms with Crippen LogP contribution in [0, 0.1) is 0 Å². The first-order valence-electron chi connectivity index (χ1n) is 18.4. The fourth-order valence-corrected chi connectivity index (χ4v) is 8.85. The highest BCUT2D eigenvalue weighted by atomic mass is 32.1. The first kappa shape index (κ1) is 32.6. The van der Waals surface area contributed by atoms with Crippen molar-refractivity contribution in [2.24, 2.45) is 0 Å². The molecule has 0 saturated carbocycles. The van der Waals surface area contributed by atoms with Crippen molar-refractivity contribution in [2.75, 3.05) is 0 Å². The van der Waals surface area contributed by atoms with Crippen LogP contribution in [0.3, 0.4) is 0 Å². The van der Waals surface area contributed by atoms with Gasteiger partial charge in [-0.2, -0.15) is 0 Å². The number of hydrogen-bond donors (Lipinski definition) is 0. The van der Waals surface area contributed by atoms with E-state index >= 15 is 0 Å². The van der Waals surface area contributed by atoms with E-state index in [4.69, 9.17) is 15.0 Å². The molecule has 10 aromatic rings. The predicted octanol–water partition coefficient (Wildman–Crippen LogP) is 13.9. The quantitative estimate of drug-likeness (QED) is 0.165. The highest BCUT2D eigenvalue weighted by Crippen LogP contribution is 2.48. The summed E-state index contributed by atoms with van der Waals surface area (Å²) in [7, 11) is 0. The summed E-state index contributed by atoms with van der Waals surface area (Å²) in [6.07, 6.45) is 0. The molecule has 0 saturated heterocycles. The van der Waals surface area contributed by atoms with Gasteiger partial charge in [-0.3, -0.25) is 0 Å². The molecule has 2 heterocycles. The summed E-state index contributed by atoms with van der Waals surface area (Å²) in [5.41, 5.74) is 12.5. The summed E-state index contributed by atoms with van der Waals surface area (Å²) in [6.45, 7) is 0. The van der Waals surface area contributed by atoms with Crippen LogP contribution in [-0.4, -0.2) is 15.0 Å². The van der Waals surface area contributed by atoms with Gasteiger partial charge in [-0.25, -0.2) is 15.0 Å². The van der Waals surface area contributed by atoms with E-state index < -0.39 is 0 Å². The van der Waals surface area contributed by atoms with Crippen LogP contribution in [0.1, 0.15) is 0 Å². The van der Waals surface area contributed by atoms with E-state index in [9.17, 15) is 0 Å². The third kappa shape index (κ3) is 6.19. The highest BCUT2D eigenvalue weighted by Gasteiger charge is 2.19. The summed E-state index contributed by atoms with van der Waals surface area (Å²) < 4.78 is 2.57. The van der Waals surface area contributed by atoms with Gasteiger partial charge in [0.2, 0.25) is 0 Å². The molecule has 55 heavy (non-hydrogen) atoms. The lowest BCUT2D eigenvalue weighted by Crippen LogP contribution is -2.00. The minimum absolute atomic E-state index is 0.646. The third-order valence-electron chi connectivity index (χ3n) is 10.2. The Morgan fingerprint density at radius 1 is 0.273 bits per heavy atom. The minimum atomic E-state index is 0.646. The zero-order valence-electron chi connectivity index (χ0n) is 29.8. The van der Waals surface area contributed by atoms with Crippen molar-refractivity contribution in [2.45, 2.75) is 0 Å². The molecule has 3 nitrogen and oxygen atoms in total. The Bertz CT molecular complexity index is 2880. The number of rotatable bonds is 7. The van der Waals surface area contributed by atoms with Crippen LogP contribution in [0.4, 0.5) is 0 Å². The number of aromatic nitrogens is 3. The molecule has 0 aliphatic carbocycles. The third-order valence-corrected chi connectivity index (χ3v) is 11.4. The molecule has 0 N–H and O–H groups in total. The average molecular weight is 720 g/mol. The van der Waals surface area contributed by atoms with Crippen molar-refractivity contribution in [3.8, 4) is 78.7 Å². The largest absolute Gasteiger partial charge is 0.208 e. The van der Waals surface area contributed by atoms with E-state index in [1.54, 1.807) is 0 Å². The van der Waals surface area contributed by atoms with Gasteiger partial charge in [0.15, 0.2) is 17.5 Å². The standard InChI is InChI=1S/C51H33N3S/c1-5-15-34(16-6-1)40-23-13-24-41(33-40)43-25-14-26-45-46-42(31-32-44(48(46)55-47(43)45)35-17-7-2-8-18-35)36-27-29-39(30-28-36)51-53-49(37-19-9-3-10-20-37)52-50(54-51)38-21-11-4-12-22-38/h1-33H. The molecule has 8 aromatic carbocycles. The van der Waals surface area contributed by atoms with Gasteiger partial charge in [-0.15, -0.1) is 11.3 Å². The monoisotopic (exact) mass is 719 g/mol. The molecule has 0 radical (unpaired) electrons. The maximum absolute atomic E-state index is 4.97. The van der Waals surface area contributed by atoms with Crippen molar-refractivity contribution in [3.63, 3.8) is 0 Å². The molecule has 0 fully saturated rings. The Balaban J connectivity index is 1.12. The molecule has 2 aromatic heterocycles. The number of thiophene rings is 1. The molecule has 10 rings (SSSR count). The smallest absolute Gasteiger partial charge is 0.164 e. The molecular formula is C51H33N3S. The molecular weight excluding hydrogens is 687 g/mol. The lowest BCUT2D eigenvalue weighted by atomic mass is 9.93. The van der Waals surface area contributed by atoms with Crippen molar-refractivity contribution in [1.82, 2.24) is 15.0 Å². The second kappa shape index (κ2) is 14.1. The van der Waals surface area contributed by atoms with Crippen LogP contribution < -0.4 is 0 Å². The number of nitrogens with zero attached hydrogens (tertiary/aromatic N) is 3. The van der Waals surface area contributed by atoms with E-state index in [0.29, 0.717) is 17.5 Å². The van der Waals surface area contributed by atoms with Crippen molar-refractivity contribution >= 4 is 31.5 Å². The van der Waals surface area contributed by atoms with Crippen LogP contribution in [0.15, 0.2) is 200 Å². The Kier molecular flexibility index (Phi) is 8.36. The summed E-state index contributed by atoms with van der Waals surface area (Å²) in [5, 5.41) is 2.53. The van der Waals surface area contributed by atoms with E-state index in [2.05, 4.69) is 140 Å². The number of fused-ring (bicyclic) bond motifs is 3. The van der Waals surface area contributed by atoms with Gasteiger partial charge >= 0.3 is 0 Å². The molecule has 0 atom stereocenters. The van der Waals surface area contributed by atoms with Gasteiger partial charge in [-0.05, 0) is 50.6 Å². The molecule has 0 aliphatic rings. The van der Waals surface area contributed by atoms with Crippen LogP contribution in [0.2, 0.25) is 0 Å². The fourth-order valence-electron chi connectivity index (χ4n) is 7.45. The second-order valence-corrected chi connectivity index (χ2v) is 14.6. The average Bonchev–Trinajstić information content (AvgIpc) is 3.67. The lowest BCUT2D eigenvalue weighted by Gasteiger charge is -2.11. The van der Waals surface area contributed by atoms with Gasteiger partial charge in [-0.1, -0.05) is 194 Å². The summed E-state index contributed by atoms with van der Waals surface area (Å²) in [4.78, 5) is 14.8. The zero-order chi connectivity index (χ0) is 36.6. The van der Waals surface area contributed by atoms with Crippen LogP contribution in [0.5, 0.6) is 0 Å². The summed E-state index contributed by atoms with van der Waals surface area (Å²) in [6, 6.07) is 70.5. The molecule has 0 unspecified atom stereocenters. The Morgan fingerprint density at radius 2 is 0.691 bits per heavy atom. The molecule has 0 spiro atoms. The van der Waals surface area contributed by atoms with Crippen molar-refractivity contribution in [1.29, 1.82) is 0 Å². The normalized spacial score (nSPS) is 11.3. The maximum atomic E-state index is 4.97. The predicted molar refractivity (Wildman–Crippen MR) is 231 cm³/mol. The van der Waals surface area contributed by atoms with E-state index in [1.807, 2.05) is 72.0 Å². The van der Waals surface area contributed by atoms with Crippen molar-refractivity contribution < 1.29 is 0 Å². The van der Waals surface area contributed by atoms with Gasteiger partial charge in [0.25, 0.3) is 0 Å². The molecule has 0 amide bonds. The van der Waals surface area contributed by atoms with Gasteiger partial charge < -0.3 is 0 Å². The zero-order valence-corrected chi connectivity index (χ0v) is 30.6. The van der Waals surface area contributed by atoms with Gasteiger partial charge in [0, 0.05) is 36.9 Å². The molecule has 4 heteroatoms. The molecule has 258 valence electrons. The first-order chi connectivity index (χ1) is 27.3. The summed E-state index contributed by atoms with van der Waals surface area (Å²) in [5.74, 6) is 1.95. The maximum Gasteiger partial charge on any atom is 0.164 e. The number of hydrogen-bond acceptors (Lipinski definition) is 4. The Morgan fingerprint density at radius 3 is 1.29 bits per heavy atom. The minimum Gasteiger partial charge on any atom is -0.208 e. The summed E-state index contributed by atoms with van der Waals surface area (Å²) >= 11 is 1.89. The van der Waals surface area contributed by atoms with E-state index in [0.717, 1.165) is 22.3 Å². The topological polar surface area (TPSA) is 38.7 Å². The Labute approximate surface area is 323 Å². The SMILES string of the molecule is c1ccc(-c2cccc(-c3cccc4c3sc3c(-c5ccccc5)ccc(-c5ccc(-c6nc(-c7ccccc7)nc(-c7ccccc7)n6)cc5)c34)c2)cc1. The lowest BCUT2D eigenvalue weighted by molar-refractivity contribution is 1.07. The first-order valence-corrected chi connectivity index (χ1v) is 19.3. The fraction of sp³-hybridized carbons (Fsp3) is 0. The van der Waals surface area contributed by atoms with Crippen LogP contribution >= 0.6 is 11.3 Å². The van der Waals surface area contributed by atoms with E-state index in [1.165, 1.54) is 59.1 Å². The highest BCUT2D eigenvalue weighted by molar-refractivity contribution is 7.27. The number of benzene rings is 8.